The van der Waals surface area contributed by atoms with E-state index in [1.807, 2.05) is 4.90 Å². The highest BCUT2D eigenvalue weighted by molar-refractivity contribution is 5.74. The maximum absolute atomic E-state index is 12.3. The second-order valence-electron chi connectivity index (χ2n) is 6.31. The van der Waals surface area contributed by atoms with E-state index in [1.165, 1.54) is 25.0 Å². The Hall–Kier alpha value is -1.89. The molecule has 0 spiro atoms. The van der Waals surface area contributed by atoms with Crippen LogP contribution < -0.4 is 10.1 Å². The number of carbonyl (C=O) groups excluding carboxylic acids is 1. The number of benzene rings is 1. The van der Waals surface area contributed by atoms with E-state index < -0.39 is 6.61 Å². The number of carbonyl (C=O) groups is 1. The summed E-state index contributed by atoms with van der Waals surface area (Å²) in [5.74, 6) is 0.119. The second-order valence-corrected chi connectivity index (χ2v) is 6.31. The van der Waals surface area contributed by atoms with Crippen LogP contribution in [-0.4, -0.2) is 54.7 Å². The van der Waals surface area contributed by atoms with Crippen molar-refractivity contribution < 1.29 is 18.3 Å². The fourth-order valence-corrected chi connectivity index (χ4v) is 3.41. The molecule has 5 nitrogen and oxygen atoms in total. The van der Waals surface area contributed by atoms with Crippen molar-refractivity contribution in [2.75, 3.05) is 26.2 Å². The van der Waals surface area contributed by atoms with Crippen LogP contribution in [0.5, 0.6) is 5.75 Å². The Labute approximate surface area is 140 Å². The van der Waals surface area contributed by atoms with Gasteiger partial charge < -0.3 is 15.0 Å². The zero-order valence-electron chi connectivity index (χ0n) is 13.6. The number of rotatable bonds is 5. The molecule has 2 fully saturated rings. The summed E-state index contributed by atoms with van der Waals surface area (Å²) < 4.78 is 28.5. The van der Waals surface area contributed by atoms with Gasteiger partial charge in [0, 0.05) is 25.7 Å². The molecule has 7 heteroatoms. The SMILES string of the molecule is O=C(NCc1ccc(OC(F)F)cc1)N1CCC(N2CCCC2)C1. The molecule has 1 atom stereocenters. The van der Waals surface area contributed by atoms with Crippen molar-refractivity contribution in [3.8, 4) is 5.75 Å². The van der Waals surface area contributed by atoms with Crippen molar-refractivity contribution in [2.24, 2.45) is 0 Å². The largest absolute Gasteiger partial charge is 0.435 e. The number of nitrogens with zero attached hydrogens (tertiary/aromatic N) is 2. The molecular formula is C17H23F2N3O2. The lowest BCUT2D eigenvalue weighted by molar-refractivity contribution is -0.0498. The summed E-state index contributed by atoms with van der Waals surface area (Å²) in [4.78, 5) is 16.6. The Morgan fingerprint density at radius 3 is 2.58 bits per heavy atom. The van der Waals surface area contributed by atoms with E-state index in [0.717, 1.165) is 38.2 Å². The van der Waals surface area contributed by atoms with Gasteiger partial charge in [-0.2, -0.15) is 8.78 Å². The number of alkyl halides is 2. The Kier molecular flexibility index (Phi) is 5.50. The van der Waals surface area contributed by atoms with Gasteiger partial charge in [-0.25, -0.2) is 4.79 Å². The van der Waals surface area contributed by atoms with E-state index in [-0.39, 0.29) is 11.8 Å². The second kappa shape index (κ2) is 7.79. The monoisotopic (exact) mass is 339 g/mol. The molecule has 3 rings (SSSR count). The zero-order chi connectivity index (χ0) is 16.9. The van der Waals surface area contributed by atoms with Crippen molar-refractivity contribution in [2.45, 2.75) is 38.5 Å². The predicted octanol–water partition coefficient (Wildman–Crippen LogP) is 2.67. The molecule has 2 aliphatic heterocycles. The normalized spacial score (nSPS) is 21.5. The van der Waals surface area contributed by atoms with Gasteiger partial charge in [0.1, 0.15) is 5.75 Å². The third-order valence-corrected chi connectivity index (χ3v) is 4.70. The van der Waals surface area contributed by atoms with Crippen molar-refractivity contribution in [1.29, 1.82) is 0 Å². The Morgan fingerprint density at radius 1 is 1.21 bits per heavy atom. The number of hydrogen-bond donors (Lipinski definition) is 1. The summed E-state index contributed by atoms with van der Waals surface area (Å²) in [5.41, 5.74) is 0.847. The van der Waals surface area contributed by atoms with Gasteiger partial charge in [-0.15, -0.1) is 0 Å². The molecule has 2 amide bonds. The molecule has 1 unspecified atom stereocenters. The number of likely N-dealkylation sites (tertiary alicyclic amines) is 2. The lowest BCUT2D eigenvalue weighted by atomic mass is 10.2. The summed E-state index contributed by atoms with van der Waals surface area (Å²) >= 11 is 0. The predicted molar refractivity (Wildman–Crippen MR) is 86.1 cm³/mol. The van der Waals surface area contributed by atoms with Gasteiger partial charge in [-0.05, 0) is 50.0 Å². The average molecular weight is 339 g/mol. The average Bonchev–Trinajstić information content (AvgIpc) is 3.24. The van der Waals surface area contributed by atoms with Crippen LogP contribution in [0, 0.1) is 0 Å². The van der Waals surface area contributed by atoms with E-state index in [9.17, 15) is 13.6 Å². The first-order chi connectivity index (χ1) is 11.6. The Morgan fingerprint density at radius 2 is 1.92 bits per heavy atom. The van der Waals surface area contributed by atoms with Crippen LogP contribution in [0.15, 0.2) is 24.3 Å². The summed E-state index contributed by atoms with van der Waals surface area (Å²) in [6.07, 6.45) is 3.55. The minimum Gasteiger partial charge on any atom is -0.435 e. The number of ether oxygens (including phenoxy) is 1. The van der Waals surface area contributed by atoms with E-state index in [4.69, 9.17) is 0 Å². The quantitative estimate of drug-likeness (QED) is 0.897. The van der Waals surface area contributed by atoms with Crippen molar-refractivity contribution in [1.82, 2.24) is 15.1 Å². The van der Waals surface area contributed by atoms with Crippen LogP contribution in [0.25, 0.3) is 0 Å². The Bertz CT molecular complexity index is 547. The molecule has 24 heavy (non-hydrogen) atoms. The first-order valence-corrected chi connectivity index (χ1v) is 8.42. The fraction of sp³-hybridized carbons (Fsp3) is 0.588. The van der Waals surface area contributed by atoms with E-state index in [0.29, 0.717) is 12.6 Å². The van der Waals surface area contributed by atoms with Gasteiger partial charge in [0.2, 0.25) is 0 Å². The molecule has 132 valence electrons. The van der Waals surface area contributed by atoms with Gasteiger partial charge in [0.25, 0.3) is 0 Å². The minimum absolute atomic E-state index is 0.0652. The van der Waals surface area contributed by atoms with Crippen LogP contribution in [0.4, 0.5) is 13.6 Å². The van der Waals surface area contributed by atoms with E-state index in [2.05, 4.69) is 15.0 Å². The van der Waals surface area contributed by atoms with Crippen LogP contribution in [-0.2, 0) is 6.54 Å². The number of hydrogen-bond acceptors (Lipinski definition) is 3. The molecule has 0 aliphatic carbocycles. The first kappa shape index (κ1) is 17.0. The first-order valence-electron chi connectivity index (χ1n) is 8.42. The number of nitrogens with one attached hydrogen (secondary N) is 1. The van der Waals surface area contributed by atoms with Crippen molar-refractivity contribution in [3.05, 3.63) is 29.8 Å². The van der Waals surface area contributed by atoms with Crippen molar-refractivity contribution in [3.63, 3.8) is 0 Å². The highest BCUT2D eigenvalue weighted by atomic mass is 19.3. The van der Waals surface area contributed by atoms with Crippen molar-refractivity contribution >= 4 is 6.03 Å². The molecule has 2 heterocycles. The molecule has 0 aromatic heterocycles. The number of urea groups is 1. The van der Waals surface area contributed by atoms with Crippen LogP contribution in [0.1, 0.15) is 24.8 Å². The molecule has 1 aromatic rings. The van der Waals surface area contributed by atoms with Gasteiger partial charge in [0.15, 0.2) is 0 Å². The molecule has 2 aliphatic rings. The molecular weight excluding hydrogens is 316 g/mol. The smallest absolute Gasteiger partial charge is 0.387 e. The maximum atomic E-state index is 12.3. The lowest BCUT2D eigenvalue weighted by Gasteiger charge is -2.23. The summed E-state index contributed by atoms with van der Waals surface area (Å²) in [6, 6.07) is 6.73. The van der Waals surface area contributed by atoms with Crippen LogP contribution >= 0.6 is 0 Å². The number of amides is 2. The highest BCUT2D eigenvalue weighted by Crippen LogP contribution is 2.20. The van der Waals surface area contributed by atoms with Gasteiger partial charge >= 0.3 is 12.6 Å². The summed E-state index contributed by atoms with van der Waals surface area (Å²) in [7, 11) is 0. The topological polar surface area (TPSA) is 44.8 Å². The third-order valence-electron chi connectivity index (χ3n) is 4.70. The molecule has 0 radical (unpaired) electrons. The summed E-state index contributed by atoms with van der Waals surface area (Å²) in [6.45, 7) is 1.41. The molecule has 0 bridgehead atoms. The lowest BCUT2D eigenvalue weighted by Crippen LogP contribution is -2.41. The van der Waals surface area contributed by atoms with Gasteiger partial charge in [-0.3, -0.25) is 4.90 Å². The van der Waals surface area contributed by atoms with E-state index in [1.54, 1.807) is 12.1 Å². The fourth-order valence-electron chi connectivity index (χ4n) is 3.41. The van der Waals surface area contributed by atoms with Gasteiger partial charge in [-0.1, -0.05) is 12.1 Å². The van der Waals surface area contributed by atoms with Gasteiger partial charge in [0.05, 0.1) is 0 Å². The standard InChI is InChI=1S/C17H23F2N3O2/c18-16(19)24-15-5-3-13(4-6-15)11-20-17(23)22-10-7-14(12-22)21-8-1-2-9-21/h3-6,14,16H,1-2,7-12H2,(H,20,23). The summed E-state index contributed by atoms with van der Waals surface area (Å²) in [5, 5.41) is 2.89. The Balaban J connectivity index is 1.44. The number of halogens is 2. The molecule has 0 saturated carbocycles. The molecule has 1 N–H and O–H groups in total. The molecule has 1 aromatic carbocycles. The van der Waals surface area contributed by atoms with E-state index >= 15 is 0 Å². The zero-order valence-corrected chi connectivity index (χ0v) is 13.6. The highest BCUT2D eigenvalue weighted by Gasteiger charge is 2.31. The maximum Gasteiger partial charge on any atom is 0.387 e. The minimum atomic E-state index is -2.82. The van der Waals surface area contributed by atoms with Crippen LogP contribution in [0.3, 0.4) is 0 Å². The molecule has 2 saturated heterocycles. The third kappa shape index (κ3) is 4.35. The van der Waals surface area contributed by atoms with Crippen LogP contribution in [0.2, 0.25) is 0 Å².